The zero-order chi connectivity index (χ0) is 24.7. The van der Waals surface area contributed by atoms with Gasteiger partial charge in [-0.1, -0.05) is 12.1 Å². The van der Waals surface area contributed by atoms with Crippen molar-refractivity contribution >= 4 is 29.2 Å². The molecule has 0 spiro atoms. The van der Waals surface area contributed by atoms with Gasteiger partial charge in [0.1, 0.15) is 18.8 Å². The molecule has 178 valence electrons. The summed E-state index contributed by atoms with van der Waals surface area (Å²) in [6, 6.07) is 10.1. The summed E-state index contributed by atoms with van der Waals surface area (Å²) in [5.41, 5.74) is 6.04. The highest BCUT2D eigenvalue weighted by atomic mass is 31.2. The Hall–Kier alpha value is -3.41. The average molecular weight is 485 g/mol. The zero-order valence-corrected chi connectivity index (χ0v) is 21.3. The monoisotopic (exact) mass is 484 g/mol. The van der Waals surface area contributed by atoms with Gasteiger partial charge in [-0.25, -0.2) is 9.97 Å². The summed E-state index contributed by atoms with van der Waals surface area (Å²) < 4.78 is 14.2. The predicted molar refractivity (Wildman–Crippen MR) is 138 cm³/mol. The lowest BCUT2D eigenvalue weighted by Gasteiger charge is -2.30. The molecule has 7 nitrogen and oxygen atoms in total. The number of benzene rings is 2. The van der Waals surface area contributed by atoms with Crippen LogP contribution < -0.4 is 10.6 Å². The maximum atomic E-state index is 14.2. The Kier molecular flexibility index (Phi) is 5.99. The van der Waals surface area contributed by atoms with E-state index in [2.05, 4.69) is 30.6 Å². The van der Waals surface area contributed by atoms with Crippen LogP contribution in [0.5, 0.6) is 0 Å². The zero-order valence-electron chi connectivity index (χ0n) is 20.4. The molecule has 0 bridgehead atoms. The molecule has 0 radical (unpaired) electrons. The molecular formula is C27H29N6OP. The van der Waals surface area contributed by atoms with E-state index in [0.717, 1.165) is 52.4 Å². The summed E-state index contributed by atoms with van der Waals surface area (Å²) >= 11 is 0. The van der Waals surface area contributed by atoms with Crippen LogP contribution in [0.15, 0.2) is 24.3 Å². The summed E-state index contributed by atoms with van der Waals surface area (Å²) in [7, 11) is -2.62. The quantitative estimate of drug-likeness (QED) is 0.427. The number of nitriles is 2. The van der Waals surface area contributed by atoms with Crippen LogP contribution >= 0.6 is 7.14 Å². The highest BCUT2D eigenvalue weighted by Gasteiger charge is 2.35. The van der Waals surface area contributed by atoms with Crippen LogP contribution in [0.1, 0.15) is 53.0 Å². The van der Waals surface area contributed by atoms with E-state index in [1.165, 1.54) is 11.1 Å². The van der Waals surface area contributed by atoms with Gasteiger partial charge >= 0.3 is 0 Å². The fraction of sp³-hybridized carbons (Fsp3) is 0.407. The molecule has 2 aliphatic rings. The van der Waals surface area contributed by atoms with Gasteiger partial charge in [-0.05, 0) is 74.4 Å². The second kappa shape index (κ2) is 8.99. The van der Waals surface area contributed by atoms with Crippen molar-refractivity contribution < 1.29 is 4.57 Å². The van der Waals surface area contributed by atoms with Gasteiger partial charge in [-0.2, -0.15) is 10.5 Å². The lowest BCUT2D eigenvalue weighted by atomic mass is 9.98. The first kappa shape index (κ1) is 23.3. The third kappa shape index (κ3) is 4.05. The normalized spacial score (nSPS) is 17.5. The van der Waals surface area contributed by atoms with Gasteiger partial charge in [0.2, 0.25) is 0 Å². The highest BCUT2D eigenvalue weighted by molar-refractivity contribution is 7.71. The van der Waals surface area contributed by atoms with E-state index in [1.54, 1.807) is 4.90 Å². The van der Waals surface area contributed by atoms with Crippen molar-refractivity contribution in [3.8, 4) is 12.3 Å². The third-order valence-corrected chi connectivity index (χ3v) is 10.6. The van der Waals surface area contributed by atoms with Gasteiger partial charge in [0, 0.05) is 36.1 Å². The van der Waals surface area contributed by atoms with Crippen molar-refractivity contribution in [1.29, 1.82) is 10.5 Å². The number of anilines is 1. The molecule has 0 saturated carbocycles. The van der Waals surface area contributed by atoms with E-state index in [-0.39, 0.29) is 6.04 Å². The lowest BCUT2D eigenvalue weighted by molar-refractivity contribution is 0.419. The van der Waals surface area contributed by atoms with E-state index in [0.29, 0.717) is 36.8 Å². The first-order chi connectivity index (χ1) is 16.8. The summed E-state index contributed by atoms with van der Waals surface area (Å²) in [4.78, 5) is 11.3. The minimum atomic E-state index is -2.62. The molecule has 1 aliphatic heterocycles. The number of rotatable bonds is 4. The van der Waals surface area contributed by atoms with Gasteiger partial charge in [0.15, 0.2) is 6.19 Å². The number of hydrogen-bond donors (Lipinski definition) is 1. The molecule has 3 aromatic rings. The van der Waals surface area contributed by atoms with Crippen molar-refractivity contribution in [2.45, 2.75) is 46.1 Å². The summed E-state index contributed by atoms with van der Waals surface area (Å²) in [6.07, 6.45) is 6.16. The van der Waals surface area contributed by atoms with Gasteiger partial charge in [-0.15, -0.1) is 0 Å². The van der Waals surface area contributed by atoms with Crippen molar-refractivity contribution in [3.05, 3.63) is 57.9 Å². The number of nitrogens with one attached hydrogen (secondary N) is 1. The molecule has 1 saturated heterocycles. The van der Waals surface area contributed by atoms with Crippen molar-refractivity contribution in [1.82, 2.24) is 14.9 Å². The number of aromatic nitrogens is 2. The molecule has 2 aromatic carbocycles. The molecule has 1 atom stereocenters. The minimum absolute atomic E-state index is 0.0765. The van der Waals surface area contributed by atoms with Crippen molar-refractivity contribution in [3.63, 3.8) is 0 Å². The Morgan fingerprint density at radius 3 is 2.57 bits per heavy atom. The van der Waals surface area contributed by atoms with Gasteiger partial charge in [0.05, 0.1) is 23.2 Å². The van der Waals surface area contributed by atoms with E-state index in [4.69, 9.17) is 9.97 Å². The smallest absolute Gasteiger partial charge is 0.179 e. The van der Waals surface area contributed by atoms with Gasteiger partial charge in [-0.3, -0.25) is 0 Å². The molecule has 1 aliphatic carbocycles. The molecule has 35 heavy (non-hydrogen) atoms. The first-order valence-electron chi connectivity index (χ1n) is 12.2. The van der Waals surface area contributed by atoms with E-state index < -0.39 is 7.14 Å². The topological polar surface area (TPSA) is 106 Å². The van der Waals surface area contributed by atoms with Crippen LogP contribution in [0.2, 0.25) is 0 Å². The van der Waals surface area contributed by atoms with Crippen LogP contribution in [0.25, 0.3) is 10.9 Å². The Morgan fingerprint density at radius 1 is 1.11 bits per heavy atom. The largest absolute Gasteiger partial charge is 0.363 e. The molecule has 5 rings (SSSR count). The standard InChI is InChI=1S/C27H29N6OP/c1-17-20(15-28)6-4-7-21(17)18(2)30-27-24-14-25(35(34)12-10-33(16-29)11-13-35)22-8-5-9-23(22)26(24)31-19(3)32-27/h4,6-7,14,18H,5,8-13H2,1-3H3,(H,30,31,32)/t18-/m1/s1. The van der Waals surface area contributed by atoms with Crippen molar-refractivity contribution in [2.24, 2.45) is 0 Å². The molecular weight excluding hydrogens is 455 g/mol. The first-order valence-corrected chi connectivity index (χ1v) is 14.2. The number of hydrogen-bond acceptors (Lipinski definition) is 7. The maximum Gasteiger partial charge on any atom is 0.179 e. The van der Waals surface area contributed by atoms with Crippen LogP contribution in [0, 0.1) is 36.6 Å². The fourth-order valence-electron chi connectivity index (χ4n) is 5.59. The van der Waals surface area contributed by atoms with Crippen LogP contribution in [0.3, 0.4) is 0 Å². The molecule has 0 amide bonds. The highest BCUT2D eigenvalue weighted by Crippen LogP contribution is 2.49. The van der Waals surface area contributed by atoms with Crippen LogP contribution in [-0.4, -0.2) is 40.3 Å². The van der Waals surface area contributed by atoms with E-state index in [9.17, 15) is 15.1 Å². The van der Waals surface area contributed by atoms with Gasteiger partial charge in [0.25, 0.3) is 0 Å². The summed E-state index contributed by atoms with van der Waals surface area (Å²) in [5.74, 6) is 1.44. The molecule has 0 unspecified atom stereocenters. The third-order valence-electron chi connectivity index (χ3n) is 7.51. The van der Waals surface area contributed by atoms with Crippen LogP contribution in [0.4, 0.5) is 5.82 Å². The predicted octanol–water partition coefficient (Wildman–Crippen LogP) is 4.57. The average Bonchev–Trinajstić information content (AvgIpc) is 3.34. The Bertz CT molecular complexity index is 1460. The molecule has 1 aromatic heterocycles. The molecule has 1 fully saturated rings. The summed E-state index contributed by atoms with van der Waals surface area (Å²) in [6.45, 7) is 7.04. The van der Waals surface area contributed by atoms with Crippen LogP contribution in [-0.2, 0) is 17.4 Å². The SMILES string of the molecule is Cc1nc(N[C@H](C)c2cccc(C#N)c2C)c2cc(P3(=O)CCN(C#N)CC3)c3c(c2n1)CCC3. The number of nitrogens with zero attached hydrogens (tertiary/aromatic N) is 5. The minimum Gasteiger partial charge on any atom is -0.363 e. The molecule has 8 heteroatoms. The molecule has 2 heterocycles. The lowest BCUT2D eigenvalue weighted by Crippen LogP contribution is -2.34. The van der Waals surface area contributed by atoms with Crippen molar-refractivity contribution in [2.75, 3.05) is 30.7 Å². The number of aryl methyl sites for hydroxylation is 2. The Balaban J connectivity index is 1.62. The summed E-state index contributed by atoms with van der Waals surface area (Å²) in [5, 5.41) is 24.2. The van der Waals surface area contributed by atoms with E-state index >= 15 is 0 Å². The second-order valence-electron chi connectivity index (χ2n) is 9.64. The fourth-order valence-corrected chi connectivity index (χ4v) is 8.53. The van der Waals surface area contributed by atoms with Gasteiger partial charge < -0.3 is 14.8 Å². The molecule has 1 N–H and O–H groups in total. The second-order valence-corrected chi connectivity index (χ2v) is 12.8. The maximum absolute atomic E-state index is 14.2. The van der Waals surface area contributed by atoms with E-state index in [1.807, 2.05) is 32.0 Å². The Labute approximate surface area is 206 Å². The Morgan fingerprint density at radius 2 is 1.86 bits per heavy atom. The number of fused-ring (bicyclic) bond motifs is 3.